The molecule has 1 aliphatic rings. The van der Waals surface area contributed by atoms with Crippen molar-refractivity contribution in [2.75, 3.05) is 20.2 Å². The SMILES string of the molecule is C#C.CC(C)(C)C(=O)OCOP(=O)(OCOC(=O)C(C)(C)C)OCC1CCC(n2c(F)cc(=O)[nH]c2=O)O1. The fourth-order valence-electron chi connectivity index (χ4n) is 2.75. The highest BCUT2D eigenvalue weighted by Gasteiger charge is 2.35. The van der Waals surface area contributed by atoms with Gasteiger partial charge in [-0.15, -0.1) is 12.8 Å². The lowest BCUT2D eigenvalue weighted by Gasteiger charge is -2.22. The Morgan fingerprint density at radius 1 is 1.03 bits per heavy atom. The summed E-state index contributed by atoms with van der Waals surface area (Å²) in [6.45, 7) is 7.73. The van der Waals surface area contributed by atoms with Crippen molar-refractivity contribution >= 4 is 19.8 Å². The number of halogens is 1. The Labute approximate surface area is 219 Å². The number of H-pyrrole nitrogens is 1. The van der Waals surface area contributed by atoms with Crippen LogP contribution >= 0.6 is 7.82 Å². The Kier molecular flexibility index (Phi) is 12.1. The van der Waals surface area contributed by atoms with Gasteiger partial charge in [-0.2, -0.15) is 4.39 Å². The van der Waals surface area contributed by atoms with Crippen molar-refractivity contribution in [3.63, 3.8) is 0 Å². The normalized spacial score (nSPS) is 17.8. The number of nitrogens with one attached hydrogen (secondary N) is 1. The molecule has 13 nitrogen and oxygen atoms in total. The molecule has 0 amide bonds. The maximum atomic E-state index is 14.1. The minimum Gasteiger partial charge on any atom is -0.437 e. The van der Waals surface area contributed by atoms with E-state index in [-0.39, 0.29) is 19.4 Å². The molecule has 0 bridgehead atoms. The van der Waals surface area contributed by atoms with E-state index in [1.54, 1.807) is 41.5 Å². The number of ether oxygens (including phenoxy) is 3. The first kappa shape index (κ1) is 33.2. The number of esters is 2. The smallest absolute Gasteiger partial charge is 0.437 e. The molecule has 1 N–H and O–H groups in total. The first-order chi connectivity index (χ1) is 17.5. The summed E-state index contributed by atoms with van der Waals surface area (Å²) >= 11 is 0. The molecule has 0 spiro atoms. The molecular formula is C23H34FN2O11P. The van der Waals surface area contributed by atoms with Crippen LogP contribution in [0.5, 0.6) is 0 Å². The van der Waals surface area contributed by atoms with Gasteiger partial charge in [0.15, 0.2) is 0 Å². The molecule has 2 atom stereocenters. The monoisotopic (exact) mass is 564 g/mol. The Morgan fingerprint density at radius 2 is 1.53 bits per heavy atom. The van der Waals surface area contributed by atoms with E-state index in [9.17, 15) is 28.1 Å². The van der Waals surface area contributed by atoms with Crippen molar-refractivity contribution < 1.29 is 46.3 Å². The molecule has 38 heavy (non-hydrogen) atoms. The molecule has 0 aliphatic carbocycles. The number of hydrogen-bond donors (Lipinski definition) is 1. The van der Waals surface area contributed by atoms with Gasteiger partial charge in [-0.1, -0.05) is 0 Å². The summed E-state index contributed by atoms with van der Waals surface area (Å²) in [7, 11) is -4.43. The summed E-state index contributed by atoms with van der Waals surface area (Å²) in [4.78, 5) is 49.0. The van der Waals surface area contributed by atoms with Crippen LogP contribution in [0.25, 0.3) is 0 Å². The maximum absolute atomic E-state index is 14.1. The lowest BCUT2D eigenvalue weighted by atomic mass is 9.98. The highest BCUT2D eigenvalue weighted by molar-refractivity contribution is 7.48. The molecular weight excluding hydrogens is 530 g/mol. The third kappa shape index (κ3) is 10.2. The van der Waals surface area contributed by atoms with E-state index in [2.05, 4.69) is 12.8 Å². The number of phosphoric acid groups is 1. The van der Waals surface area contributed by atoms with Gasteiger partial charge < -0.3 is 14.2 Å². The number of carbonyl (C=O) groups excluding carboxylic acids is 2. The molecule has 0 saturated carbocycles. The zero-order valence-electron chi connectivity index (χ0n) is 22.2. The molecule has 15 heteroatoms. The summed E-state index contributed by atoms with van der Waals surface area (Å²) in [5.41, 5.74) is -3.57. The highest BCUT2D eigenvalue weighted by atomic mass is 31.2. The van der Waals surface area contributed by atoms with E-state index in [0.29, 0.717) is 10.6 Å². The van der Waals surface area contributed by atoms with E-state index in [1.807, 2.05) is 4.98 Å². The third-order valence-electron chi connectivity index (χ3n) is 4.75. The lowest BCUT2D eigenvalue weighted by molar-refractivity contribution is -0.163. The summed E-state index contributed by atoms with van der Waals surface area (Å²) in [5.74, 6) is -2.35. The van der Waals surface area contributed by atoms with Crippen molar-refractivity contribution in [3.8, 4) is 12.8 Å². The second-order valence-electron chi connectivity index (χ2n) is 10.0. The summed E-state index contributed by atoms with van der Waals surface area (Å²) in [6, 6.07) is 0.613. The molecule has 2 rings (SSSR count). The number of aromatic amines is 1. The van der Waals surface area contributed by atoms with E-state index >= 15 is 0 Å². The average molecular weight is 565 g/mol. The van der Waals surface area contributed by atoms with Gasteiger partial charge in [0.25, 0.3) is 5.56 Å². The molecule has 214 valence electrons. The molecule has 1 aromatic rings. The molecule has 0 aromatic carbocycles. The van der Waals surface area contributed by atoms with Crippen LogP contribution in [0.4, 0.5) is 4.39 Å². The third-order valence-corrected chi connectivity index (χ3v) is 6.06. The van der Waals surface area contributed by atoms with Gasteiger partial charge in [0.05, 0.1) is 29.6 Å². The average Bonchev–Trinajstić information content (AvgIpc) is 3.25. The van der Waals surface area contributed by atoms with E-state index in [1.165, 1.54) is 0 Å². The Morgan fingerprint density at radius 3 is 1.97 bits per heavy atom. The van der Waals surface area contributed by atoms with Crippen LogP contribution in [-0.4, -0.2) is 47.8 Å². The zero-order valence-corrected chi connectivity index (χ0v) is 23.1. The topological polar surface area (TPSA) is 161 Å². The largest absolute Gasteiger partial charge is 0.480 e. The fourth-order valence-corrected chi connectivity index (χ4v) is 3.69. The van der Waals surface area contributed by atoms with Crippen LogP contribution in [0.3, 0.4) is 0 Å². The number of hydrogen-bond acceptors (Lipinski definition) is 11. The minimum absolute atomic E-state index is 0.190. The van der Waals surface area contributed by atoms with Gasteiger partial charge in [-0.25, -0.2) is 23.0 Å². The van der Waals surface area contributed by atoms with Crippen LogP contribution < -0.4 is 11.2 Å². The van der Waals surface area contributed by atoms with Crippen LogP contribution in [-0.2, 0) is 41.9 Å². The van der Waals surface area contributed by atoms with E-state index in [0.717, 1.165) is 0 Å². The molecule has 1 aromatic heterocycles. The second-order valence-corrected chi connectivity index (χ2v) is 11.7. The van der Waals surface area contributed by atoms with Crippen molar-refractivity contribution in [1.29, 1.82) is 0 Å². The number of phosphoric ester groups is 1. The maximum Gasteiger partial charge on any atom is 0.480 e. The number of nitrogens with zero attached hydrogens (tertiary/aromatic N) is 1. The molecule has 2 unspecified atom stereocenters. The molecule has 1 aliphatic heterocycles. The first-order valence-corrected chi connectivity index (χ1v) is 12.9. The van der Waals surface area contributed by atoms with Gasteiger partial charge in [0.2, 0.25) is 19.5 Å². The van der Waals surface area contributed by atoms with E-state index in [4.69, 9.17) is 27.8 Å². The van der Waals surface area contributed by atoms with Gasteiger partial charge >= 0.3 is 25.5 Å². The standard InChI is InChI=1S/C21H32FN2O11P.C2H2/c1-20(2,3)17(26)30-11-33-36(29,34-12-31-18(27)21(4,5)6)32-10-13-7-8-16(35-13)24-14(22)9-15(25)23-19(24)28;1-2/h9,13,16H,7-8,10-12H2,1-6H3,(H,23,25,28);1-2H. The molecule has 1 saturated heterocycles. The summed E-state index contributed by atoms with van der Waals surface area (Å²) in [6.07, 6.45) is 6.66. The van der Waals surface area contributed by atoms with Crippen molar-refractivity contribution in [2.45, 2.75) is 66.7 Å². The Hall–Kier alpha value is -2.82. The molecule has 0 radical (unpaired) electrons. The highest BCUT2D eigenvalue weighted by Crippen LogP contribution is 2.50. The van der Waals surface area contributed by atoms with E-state index < -0.39 is 73.7 Å². The number of rotatable bonds is 10. The predicted molar refractivity (Wildman–Crippen MR) is 131 cm³/mol. The number of carbonyl (C=O) groups is 2. The van der Waals surface area contributed by atoms with Gasteiger partial charge in [0.1, 0.15) is 6.23 Å². The summed E-state index contributed by atoms with van der Waals surface area (Å²) < 4.78 is 58.6. The van der Waals surface area contributed by atoms with Crippen molar-refractivity contribution in [2.24, 2.45) is 10.8 Å². The van der Waals surface area contributed by atoms with Crippen molar-refractivity contribution in [3.05, 3.63) is 32.9 Å². The van der Waals surface area contributed by atoms with Crippen LogP contribution in [0.15, 0.2) is 15.7 Å². The first-order valence-electron chi connectivity index (χ1n) is 11.4. The predicted octanol–water partition coefficient (Wildman–Crippen LogP) is 2.85. The minimum atomic E-state index is -4.43. The van der Waals surface area contributed by atoms with Crippen LogP contribution in [0.2, 0.25) is 0 Å². The number of terminal acetylenes is 1. The lowest BCUT2D eigenvalue weighted by Crippen LogP contribution is -2.34. The zero-order chi connectivity index (χ0) is 29.3. The Bertz CT molecular complexity index is 1110. The van der Waals surface area contributed by atoms with Gasteiger partial charge in [-0.05, 0) is 54.4 Å². The summed E-state index contributed by atoms with van der Waals surface area (Å²) in [5, 5.41) is 0. The quantitative estimate of drug-likeness (QED) is 0.146. The van der Waals surface area contributed by atoms with Gasteiger partial charge in [0, 0.05) is 0 Å². The number of aromatic nitrogens is 2. The fraction of sp³-hybridized carbons (Fsp3) is 0.652. The molecule has 2 heterocycles. The second kappa shape index (κ2) is 13.8. The van der Waals surface area contributed by atoms with Crippen LogP contribution in [0.1, 0.15) is 60.6 Å². The van der Waals surface area contributed by atoms with Crippen LogP contribution in [0, 0.1) is 29.6 Å². The molecule has 1 fully saturated rings. The Balaban J connectivity index is 0.00000352. The van der Waals surface area contributed by atoms with Crippen molar-refractivity contribution in [1.82, 2.24) is 9.55 Å². The van der Waals surface area contributed by atoms with Gasteiger partial charge in [-0.3, -0.25) is 23.9 Å².